The molecule has 8 nitrogen and oxygen atoms in total. The van der Waals surface area contributed by atoms with Gasteiger partial charge in [0.05, 0.1) is 11.7 Å². The first-order chi connectivity index (χ1) is 13.6. The first kappa shape index (κ1) is 19.2. The van der Waals surface area contributed by atoms with E-state index < -0.39 is 17.3 Å². The number of fused-ring (bicyclic) bond motifs is 3. The molecule has 0 saturated carbocycles. The van der Waals surface area contributed by atoms with Crippen LogP contribution in [0.3, 0.4) is 0 Å². The minimum absolute atomic E-state index is 0.246. The summed E-state index contributed by atoms with van der Waals surface area (Å²) in [4.78, 5) is 42.4. The number of hydrogen-bond donors (Lipinski definition) is 0. The van der Waals surface area contributed by atoms with Crippen LogP contribution in [0.15, 0.2) is 34.0 Å². The molecule has 0 aliphatic rings. The molecule has 0 spiro atoms. The Bertz CT molecular complexity index is 1440. The van der Waals surface area contributed by atoms with Crippen molar-refractivity contribution in [2.24, 2.45) is 7.05 Å². The predicted molar refractivity (Wildman–Crippen MR) is 111 cm³/mol. The van der Waals surface area contributed by atoms with Crippen LogP contribution in [0.1, 0.15) is 31.1 Å². The summed E-state index contributed by atoms with van der Waals surface area (Å²) in [7, 11) is 1.54. The third-order valence-corrected chi connectivity index (χ3v) is 5.77. The molecule has 4 rings (SSSR count). The number of Topliss-reactive ketones (excluding diaryl/α,β-unsaturated/α-hetero) is 1. The topological polar surface area (TPSA) is 83.3 Å². The maximum atomic E-state index is 13.2. The van der Waals surface area contributed by atoms with Gasteiger partial charge in [0.2, 0.25) is 5.78 Å². The van der Waals surface area contributed by atoms with Crippen LogP contribution in [0, 0.1) is 13.8 Å². The maximum Gasteiger partial charge on any atom is 0.333 e. The molecule has 0 saturated heterocycles. The zero-order valence-electron chi connectivity index (χ0n) is 16.7. The van der Waals surface area contributed by atoms with Gasteiger partial charge in [-0.05, 0) is 45.4 Å². The summed E-state index contributed by atoms with van der Waals surface area (Å²) in [5.74, 6) is 0.213. The number of carbonyl (C=O) groups excluding carboxylic acids is 1. The molecule has 9 heteroatoms. The Morgan fingerprint density at radius 1 is 1.21 bits per heavy atom. The van der Waals surface area contributed by atoms with Crippen LogP contribution in [0.4, 0.5) is 0 Å². The molecule has 0 amide bonds. The summed E-state index contributed by atoms with van der Waals surface area (Å²) < 4.78 is 5.80. The molecular formula is C20H20ClN5O3. The van der Waals surface area contributed by atoms with Gasteiger partial charge in [0, 0.05) is 24.0 Å². The van der Waals surface area contributed by atoms with Crippen molar-refractivity contribution in [3.8, 4) is 5.69 Å². The van der Waals surface area contributed by atoms with Crippen LogP contribution >= 0.6 is 11.6 Å². The Labute approximate surface area is 170 Å². The van der Waals surface area contributed by atoms with Crippen molar-refractivity contribution in [3.05, 3.63) is 61.5 Å². The first-order valence-electron chi connectivity index (χ1n) is 9.12. The summed E-state index contributed by atoms with van der Waals surface area (Å²) in [6, 6.07) is 4.80. The summed E-state index contributed by atoms with van der Waals surface area (Å²) in [5.41, 5.74) is 1.97. The van der Waals surface area contributed by atoms with Crippen LogP contribution < -0.4 is 11.2 Å². The van der Waals surface area contributed by atoms with E-state index >= 15 is 0 Å². The molecular weight excluding hydrogens is 394 g/mol. The van der Waals surface area contributed by atoms with Gasteiger partial charge in [0.15, 0.2) is 16.9 Å². The fraction of sp³-hybridized carbons (Fsp3) is 0.300. The molecule has 0 radical (unpaired) electrons. The van der Waals surface area contributed by atoms with Crippen LogP contribution in [0.2, 0.25) is 5.02 Å². The zero-order valence-corrected chi connectivity index (χ0v) is 17.5. The first-order valence-corrected chi connectivity index (χ1v) is 9.50. The molecule has 1 atom stereocenters. The third-order valence-electron chi connectivity index (χ3n) is 5.36. The highest BCUT2D eigenvalue weighted by atomic mass is 35.5. The number of carbonyl (C=O) groups is 1. The number of benzene rings is 1. The van der Waals surface area contributed by atoms with Crippen LogP contribution in [-0.2, 0) is 11.8 Å². The van der Waals surface area contributed by atoms with Gasteiger partial charge < -0.3 is 0 Å². The minimum Gasteiger partial charge on any atom is -0.298 e. The fourth-order valence-corrected chi connectivity index (χ4v) is 3.72. The summed E-state index contributed by atoms with van der Waals surface area (Å²) >= 11 is 6.30. The Morgan fingerprint density at radius 2 is 1.90 bits per heavy atom. The van der Waals surface area contributed by atoms with Gasteiger partial charge in [0.1, 0.15) is 0 Å². The van der Waals surface area contributed by atoms with E-state index in [2.05, 4.69) is 4.98 Å². The van der Waals surface area contributed by atoms with Gasteiger partial charge in [-0.25, -0.2) is 9.36 Å². The molecule has 3 aromatic heterocycles. The SMILES string of the molecule is CC(=O)[C@H](C)n1c(=O)c2c(nc3n(-c4ccc(C)c(Cl)c4)c(C)cn23)n(C)c1=O. The molecule has 0 aliphatic carbocycles. The standard InChI is InChI=1S/C20H20ClN5O3/c1-10-6-7-14(8-15(10)21)25-11(2)9-24-16-17(22-19(24)25)23(5)20(29)26(18(16)28)12(3)13(4)27/h6-9,12H,1-5H3/t12-/m0/s1. The van der Waals surface area contributed by atoms with Crippen LogP contribution in [0.25, 0.3) is 22.6 Å². The quantitative estimate of drug-likeness (QED) is 0.516. The average Bonchev–Trinajstić information content (AvgIpc) is 3.17. The second kappa shape index (κ2) is 6.45. The van der Waals surface area contributed by atoms with Crippen molar-refractivity contribution in [1.29, 1.82) is 0 Å². The van der Waals surface area contributed by atoms with Crippen molar-refractivity contribution in [3.63, 3.8) is 0 Å². The van der Waals surface area contributed by atoms with Crippen molar-refractivity contribution >= 4 is 34.3 Å². The Morgan fingerprint density at radius 3 is 2.52 bits per heavy atom. The average molecular weight is 414 g/mol. The minimum atomic E-state index is -0.866. The molecule has 0 aliphatic heterocycles. The summed E-state index contributed by atoms with van der Waals surface area (Å²) in [6.45, 7) is 6.71. The van der Waals surface area contributed by atoms with E-state index in [0.29, 0.717) is 10.8 Å². The lowest BCUT2D eigenvalue weighted by Crippen LogP contribution is -2.42. The van der Waals surface area contributed by atoms with Gasteiger partial charge in [0.25, 0.3) is 5.56 Å². The largest absolute Gasteiger partial charge is 0.333 e. The highest BCUT2D eigenvalue weighted by Crippen LogP contribution is 2.24. The molecule has 0 fully saturated rings. The predicted octanol–water partition coefficient (Wildman–Crippen LogP) is 2.56. The molecule has 0 unspecified atom stereocenters. The normalized spacial score (nSPS) is 12.8. The Kier molecular flexibility index (Phi) is 4.27. The van der Waals surface area contributed by atoms with Crippen molar-refractivity contribution in [1.82, 2.24) is 23.1 Å². The fourth-order valence-electron chi connectivity index (χ4n) is 3.54. The van der Waals surface area contributed by atoms with Gasteiger partial charge in [-0.15, -0.1) is 0 Å². The van der Waals surface area contributed by atoms with E-state index in [1.807, 2.05) is 36.6 Å². The summed E-state index contributed by atoms with van der Waals surface area (Å²) in [5, 5.41) is 0.620. The van der Waals surface area contributed by atoms with Crippen LogP contribution in [0.5, 0.6) is 0 Å². The van der Waals surface area contributed by atoms with E-state index in [0.717, 1.165) is 21.5 Å². The molecule has 4 aromatic rings. The zero-order chi connectivity index (χ0) is 21.2. The molecule has 150 valence electrons. The van der Waals surface area contributed by atoms with Crippen molar-refractivity contribution in [2.75, 3.05) is 0 Å². The van der Waals surface area contributed by atoms with Gasteiger partial charge in [-0.2, -0.15) is 4.98 Å². The molecule has 0 bridgehead atoms. The number of hydrogen-bond acceptors (Lipinski definition) is 4. The highest BCUT2D eigenvalue weighted by molar-refractivity contribution is 6.31. The van der Waals surface area contributed by atoms with E-state index in [4.69, 9.17) is 11.6 Å². The lowest BCUT2D eigenvalue weighted by molar-refractivity contribution is -0.119. The molecule has 29 heavy (non-hydrogen) atoms. The van der Waals surface area contributed by atoms with E-state index in [-0.39, 0.29) is 16.9 Å². The Balaban J connectivity index is 2.13. The Hall–Kier alpha value is -3.13. The van der Waals surface area contributed by atoms with Crippen LogP contribution in [-0.4, -0.2) is 28.9 Å². The lowest BCUT2D eigenvalue weighted by Gasteiger charge is -2.12. The second-order valence-corrected chi connectivity index (χ2v) is 7.70. The summed E-state index contributed by atoms with van der Waals surface area (Å²) in [6.07, 6.45) is 1.78. The third kappa shape index (κ3) is 2.66. The van der Waals surface area contributed by atoms with Gasteiger partial charge in [-0.3, -0.25) is 23.1 Å². The number of imidazole rings is 2. The van der Waals surface area contributed by atoms with Gasteiger partial charge >= 0.3 is 5.69 Å². The van der Waals surface area contributed by atoms with E-state index in [9.17, 15) is 14.4 Å². The number of halogens is 1. The number of aromatic nitrogens is 5. The van der Waals surface area contributed by atoms with Gasteiger partial charge in [-0.1, -0.05) is 17.7 Å². The highest BCUT2D eigenvalue weighted by Gasteiger charge is 2.24. The van der Waals surface area contributed by atoms with E-state index in [1.54, 1.807) is 24.6 Å². The number of ketones is 1. The molecule has 0 N–H and O–H groups in total. The monoisotopic (exact) mass is 413 g/mol. The number of aryl methyl sites for hydroxylation is 3. The number of rotatable bonds is 3. The smallest absolute Gasteiger partial charge is 0.298 e. The lowest BCUT2D eigenvalue weighted by atomic mass is 10.2. The molecule has 3 heterocycles. The second-order valence-electron chi connectivity index (χ2n) is 7.30. The van der Waals surface area contributed by atoms with E-state index in [1.165, 1.54) is 11.5 Å². The maximum absolute atomic E-state index is 13.2. The van der Waals surface area contributed by atoms with Crippen molar-refractivity contribution < 1.29 is 4.79 Å². The number of nitrogens with zero attached hydrogens (tertiary/aromatic N) is 5. The molecule has 1 aromatic carbocycles. The van der Waals surface area contributed by atoms with Crippen molar-refractivity contribution in [2.45, 2.75) is 33.7 Å².